The number of ether oxygens (including phenoxy) is 1. The molecule has 0 bridgehead atoms. The minimum Gasteiger partial charge on any atom is -0.497 e. The van der Waals surface area contributed by atoms with Crippen LogP contribution in [0.1, 0.15) is 29.3 Å². The van der Waals surface area contributed by atoms with Crippen molar-refractivity contribution in [2.45, 2.75) is 36.4 Å². The number of aromatic nitrogens is 2. The molecule has 1 N–H and O–H groups in total. The lowest BCUT2D eigenvalue weighted by Crippen LogP contribution is -2.32. The second-order valence-corrected chi connectivity index (χ2v) is 9.97. The second kappa shape index (κ2) is 7.78. The quantitative estimate of drug-likeness (QED) is 0.602. The first-order chi connectivity index (χ1) is 13.9. The maximum absolute atomic E-state index is 12.5. The summed E-state index contributed by atoms with van der Waals surface area (Å²) in [5.74, 6) is 0.924. The summed E-state index contributed by atoms with van der Waals surface area (Å²) in [5.41, 5.74) is 4.13. The van der Waals surface area contributed by atoms with Crippen molar-refractivity contribution < 1.29 is 13.2 Å². The van der Waals surface area contributed by atoms with E-state index in [-0.39, 0.29) is 12.0 Å². The zero-order chi connectivity index (χ0) is 20.6. The molecule has 6 nitrogen and oxygen atoms in total. The maximum atomic E-state index is 12.5. The van der Waals surface area contributed by atoms with Crippen LogP contribution in [0.25, 0.3) is 5.69 Å². The third-order valence-corrected chi connectivity index (χ3v) is 8.07. The zero-order valence-corrected chi connectivity index (χ0v) is 18.1. The minimum absolute atomic E-state index is 0.123. The molecule has 0 saturated heterocycles. The smallest absolute Gasteiger partial charge is 0.250 e. The molecule has 4 rings (SSSR count). The molecule has 2 heterocycles. The molecule has 0 spiro atoms. The number of hydrogen-bond donors (Lipinski definition) is 1. The van der Waals surface area contributed by atoms with E-state index in [2.05, 4.69) is 17.7 Å². The Morgan fingerprint density at radius 3 is 2.59 bits per heavy atom. The molecule has 0 fully saturated rings. The zero-order valence-electron chi connectivity index (χ0n) is 16.5. The first-order valence-corrected chi connectivity index (χ1v) is 11.7. The summed E-state index contributed by atoms with van der Waals surface area (Å²) in [6.45, 7) is 4.05. The Balaban J connectivity index is 1.54. The van der Waals surface area contributed by atoms with Crippen molar-refractivity contribution in [1.29, 1.82) is 0 Å². The van der Waals surface area contributed by atoms with E-state index < -0.39 is 10.0 Å². The largest absolute Gasteiger partial charge is 0.497 e. The van der Waals surface area contributed by atoms with Gasteiger partial charge in [0.1, 0.15) is 9.96 Å². The number of allylic oxidation sites excluding steroid dienone is 1. The molecular formula is C21H23N3O3S2. The topological polar surface area (TPSA) is 73.2 Å². The Morgan fingerprint density at radius 1 is 1.17 bits per heavy atom. The van der Waals surface area contributed by atoms with E-state index in [4.69, 9.17) is 9.84 Å². The van der Waals surface area contributed by atoms with Crippen LogP contribution in [-0.2, 0) is 10.0 Å². The summed E-state index contributed by atoms with van der Waals surface area (Å²) in [5, 5.41) is 6.49. The predicted octanol–water partition coefficient (Wildman–Crippen LogP) is 3.95. The number of nitrogens with one attached hydrogen (secondary N) is 1. The van der Waals surface area contributed by atoms with Crippen molar-refractivity contribution in [2.24, 2.45) is 0 Å². The molecule has 152 valence electrons. The van der Waals surface area contributed by atoms with E-state index in [1.165, 1.54) is 11.3 Å². The van der Waals surface area contributed by atoms with Gasteiger partial charge in [0, 0.05) is 23.2 Å². The van der Waals surface area contributed by atoms with Gasteiger partial charge in [-0.3, -0.25) is 0 Å². The number of nitrogens with zero attached hydrogens (tertiary/aromatic N) is 2. The number of sulfonamides is 1. The van der Waals surface area contributed by atoms with Gasteiger partial charge in [-0.1, -0.05) is 18.2 Å². The Bertz CT molecular complexity index is 1130. The predicted molar refractivity (Wildman–Crippen MR) is 115 cm³/mol. The third-order valence-electron chi connectivity index (χ3n) is 5.19. The van der Waals surface area contributed by atoms with Gasteiger partial charge in [-0.05, 0) is 56.0 Å². The van der Waals surface area contributed by atoms with Gasteiger partial charge in [-0.25, -0.2) is 17.8 Å². The van der Waals surface area contributed by atoms with Crippen molar-refractivity contribution in [1.82, 2.24) is 14.5 Å². The molecule has 2 aromatic heterocycles. The molecule has 0 amide bonds. The van der Waals surface area contributed by atoms with Gasteiger partial charge in [0.15, 0.2) is 0 Å². The molecule has 0 saturated carbocycles. The lowest BCUT2D eigenvalue weighted by Gasteiger charge is -2.14. The Labute approximate surface area is 174 Å². The number of rotatable bonds is 6. The molecule has 3 aromatic rings. The Kier molecular flexibility index (Phi) is 5.33. The van der Waals surface area contributed by atoms with Crippen LogP contribution in [0.4, 0.5) is 0 Å². The summed E-state index contributed by atoms with van der Waals surface area (Å²) in [6.07, 6.45) is 4.71. The number of methoxy groups -OCH3 is 1. The molecule has 1 aromatic carbocycles. The highest BCUT2D eigenvalue weighted by molar-refractivity contribution is 7.91. The van der Waals surface area contributed by atoms with E-state index in [1.807, 2.05) is 41.9 Å². The third kappa shape index (κ3) is 3.88. The Hall–Kier alpha value is -2.42. The number of thiophene rings is 1. The molecule has 1 aliphatic rings. The fraction of sp³-hybridized carbons (Fsp3) is 0.286. The highest BCUT2D eigenvalue weighted by Gasteiger charge is 2.29. The monoisotopic (exact) mass is 429 g/mol. The van der Waals surface area contributed by atoms with Crippen LogP contribution in [-0.4, -0.2) is 31.3 Å². The van der Waals surface area contributed by atoms with Gasteiger partial charge in [0.2, 0.25) is 0 Å². The summed E-state index contributed by atoms with van der Waals surface area (Å²) in [4.78, 5) is 0. The van der Waals surface area contributed by atoms with Crippen molar-refractivity contribution in [3.05, 3.63) is 70.9 Å². The van der Waals surface area contributed by atoms with Crippen LogP contribution < -0.4 is 9.46 Å². The van der Waals surface area contributed by atoms with Crippen LogP contribution in [0, 0.1) is 13.8 Å². The van der Waals surface area contributed by atoms with E-state index in [9.17, 15) is 8.42 Å². The van der Waals surface area contributed by atoms with E-state index >= 15 is 0 Å². The molecule has 0 radical (unpaired) electrons. The normalized spacial score (nSPS) is 19.0. The average molecular weight is 430 g/mol. The van der Waals surface area contributed by atoms with Crippen molar-refractivity contribution in [2.75, 3.05) is 7.11 Å². The Morgan fingerprint density at radius 2 is 1.93 bits per heavy atom. The lowest BCUT2D eigenvalue weighted by molar-refractivity contribution is 0.414. The van der Waals surface area contributed by atoms with Crippen LogP contribution in [0.5, 0.6) is 5.75 Å². The van der Waals surface area contributed by atoms with Gasteiger partial charge >= 0.3 is 0 Å². The summed E-state index contributed by atoms with van der Waals surface area (Å²) < 4.78 is 35.3. The average Bonchev–Trinajstić information content (AvgIpc) is 3.43. The van der Waals surface area contributed by atoms with Crippen LogP contribution in [0.3, 0.4) is 0 Å². The second-order valence-electron chi connectivity index (χ2n) is 7.08. The lowest BCUT2D eigenvalue weighted by atomic mass is 9.96. The summed E-state index contributed by atoms with van der Waals surface area (Å²) in [7, 11) is -1.84. The van der Waals surface area contributed by atoms with Crippen LogP contribution in [0.2, 0.25) is 0 Å². The van der Waals surface area contributed by atoms with Gasteiger partial charge in [0.05, 0.1) is 18.5 Å². The van der Waals surface area contributed by atoms with Gasteiger partial charge in [-0.2, -0.15) is 5.10 Å². The first-order valence-electron chi connectivity index (χ1n) is 9.34. The highest BCUT2D eigenvalue weighted by Crippen LogP contribution is 2.34. The van der Waals surface area contributed by atoms with Gasteiger partial charge in [-0.15, -0.1) is 11.3 Å². The summed E-state index contributed by atoms with van der Waals surface area (Å²) in [6, 6.07) is 10.9. The fourth-order valence-corrected chi connectivity index (χ4v) is 6.05. The van der Waals surface area contributed by atoms with Crippen LogP contribution >= 0.6 is 11.3 Å². The molecular weight excluding hydrogens is 406 g/mol. The van der Waals surface area contributed by atoms with Gasteiger partial charge in [0.25, 0.3) is 10.0 Å². The van der Waals surface area contributed by atoms with E-state index in [1.54, 1.807) is 24.6 Å². The SMILES string of the molecule is COc1ccc(-n2nc(C)c([C@H]3C=C[C@@H](NS(=O)(=O)c4cccs4)C3)c2C)cc1. The van der Waals surface area contributed by atoms with Crippen molar-refractivity contribution >= 4 is 21.4 Å². The standard InChI is InChI=1S/C21H23N3O3S2/c1-14-21(15(2)24(22-14)18-8-10-19(27-3)11-9-18)16-6-7-17(13-16)23-29(25,26)20-5-4-12-28-20/h4-12,16-17,23H,13H2,1-3H3/t16-,17+/m0/s1. The van der Waals surface area contributed by atoms with Crippen molar-refractivity contribution in [3.8, 4) is 11.4 Å². The van der Waals surface area contributed by atoms with Crippen LogP contribution in [0.15, 0.2) is 58.1 Å². The number of hydrogen-bond acceptors (Lipinski definition) is 5. The van der Waals surface area contributed by atoms with E-state index in [0.29, 0.717) is 10.6 Å². The number of aryl methyl sites for hydroxylation is 1. The van der Waals surface area contributed by atoms with Gasteiger partial charge < -0.3 is 4.74 Å². The molecule has 0 aliphatic heterocycles. The molecule has 2 atom stereocenters. The number of benzene rings is 1. The van der Waals surface area contributed by atoms with Crippen molar-refractivity contribution in [3.63, 3.8) is 0 Å². The summed E-state index contributed by atoms with van der Waals surface area (Å²) >= 11 is 1.22. The minimum atomic E-state index is -3.49. The molecule has 0 unspecified atom stereocenters. The van der Waals surface area contributed by atoms with E-state index in [0.717, 1.165) is 28.4 Å². The fourth-order valence-electron chi connectivity index (χ4n) is 3.84. The molecule has 29 heavy (non-hydrogen) atoms. The highest BCUT2D eigenvalue weighted by atomic mass is 32.2. The first kappa shape index (κ1) is 19.9. The molecule has 8 heteroatoms. The molecule has 1 aliphatic carbocycles. The maximum Gasteiger partial charge on any atom is 0.250 e.